The minimum Gasteiger partial charge on any atom is -0.475 e. The molecule has 0 bridgehead atoms. The number of fused-ring (bicyclic) bond motifs is 1. The number of rotatable bonds is 5. The van der Waals surface area contributed by atoms with Gasteiger partial charge in [0.05, 0.1) is 23.3 Å². The summed E-state index contributed by atoms with van der Waals surface area (Å²) in [4.78, 5) is 52.8. The first-order chi connectivity index (χ1) is 20.4. The van der Waals surface area contributed by atoms with E-state index in [4.69, 9.17) is 24.5 Å². The first-order valence-corrected chi connectivity index (χ1v) is 14.1. The molecule has 1 amide bonds. The van der Waals surface area contributed by atoms with Crippen molar-refractivity contribution in [3.05, 3.63) is 52.0 Å². The fourth-order valence-corrected chi connectivity index (χ4v) is 5.57. The first kappa shape index (κ1) is 36.5. The molecule has 44 heavy (non-hydrogen) atoms. The Hall–Kier alpha value is -3.73. The molecule has 4 rings (SSSR count). The van der Waals surface area contributed by atoms with E-state index >= 15 is 0 Å². The number of hydrogen-bond acceptors (Lipinski definition) is 8. The molecule has 10 nitrogen and oxygen atoms in total. The summed E-state index contributed by atoms with van der Waals surface area (Å²) in [6.45, 7) is 7.63. The Morgan fingerprint density at radius 1 is 1.05 bits per heavy atom. The SMILES string of the molecule is CCOC(=O)[C@]12CCCN(C(=O)c3ccsc3)C[C@H]1CN(Cc1cccc(C)n1)C2.O=C(O)C(F)(F)F.O=C(O)C(F)(F)F. The maximum Gasteiger partial charge on any atom is 0.490 e. The van der Waals surface area contributed by atoms with Gasteiger partial charge in [-0.15, -0.1) is 0 Å². The van der Waals surface area contributed by atoms with Gasteiger partial charge in [-0.2, -0.15) is 37.7 Å². The highest BCUT2D eigenvalue weighted by molar-refractivity contribution is 7.08. The van der Waals surface area contributed by atoms with E-state index in [9.17, 15) is 35.9 Å². The molecule has 0 aromatic carbocycles. The molecule has 2 aromatic heterocycles. The molecular weight excluding hydrogens is 624 g/mol. The normalized spacial score (nSPS) is 20.2. The zero-order chi connectivity index (χ0) is 33.3. The van der Waals surface area contributed by atoms with E-state index in [-0.39, 0.29) is 17.8 Å². The Bertz CT molecular complexity index is 1270. The summed E-state index contributed by atoms with van der Waals surface area (Å²) < 4.78 is 69.0. The molecule has 2 aromatic rings. The van der Waals surface area contributed by atoms with E-state index in [1.54, 1.807) is 0 Å². The van der Waals surface area contributed by atoms with Gasteiger partial charge in [-0.1, -0.05) is 6.07 Å². The lowest BCUT2D eigenvalue weighted by atomic mass is 9.75. The standard InChI is InChI=1S/C23H29N3O3S.2C2HF3O2/c1-3-29-22(28)23-9-5-10-26(21(27)18-8-11-30-15-18)13-19(23)12-25(16-23)14-20-7-4-6-17(2)24-20;2*3-2(4,5)1(6)7/h4,6-8,11,15,19H,3,5,9-10,12-14,16H2,1-2H3;2*(H,6,7)/t19-,23+;;/m1../s1. The molecule has 0 saturated carbocycles. The van der Waals surface area contributed by atoms with Crippen molar-refractivity contribution in [2.75, 3.05) is 32.8 Å². The highest BCUT2D eigenvalue weighted by Gasteiger charge is 2.54. The lowest BCUT2D eigenvalue weighted by Gasteiger charge is -2.31. The summed E-state index contributed by atoms with van der Waals surface area (Å²) in [7, 11) is 0. The largest absolute Gasteiger partial charge is 0.490 e. The van der Waals surface area contributed by atoms with Crippen LogP contribution in [0, 0.1) is 18.3 Å². The molecule has 17 heteroatoms. The van der Waals surface area contributed by atoms with Crippen molar-refractivity contribution in [1.82, 2.24) is 14.8 Å². The van der Waals surface area contributed by atoms with Crippen molar-refractivity contribution in [3.63, 3.8) is 0 Å². The lowest BCUT2D eigenvalue weighted by Crippen LogP contribution is -2.43. The van der Waals surface area contributed by atoms with Gasteiger partial charge in [0, 0.05) is 49.7 Å². The van der Waals surface area contributed by atoms with Crippen LogP contribution in [0.5, 0.6) is 0 Å². The first-order valence-electron chi connectivity index (χ1n) is 13.1. The minimum absolute atomic E-state index is 0.0615. The highest BCUT2D eigenvalue weighted by atomic mass is 32.1. The van der Waals surface area contributed by atoms with Crippen LogP contribution in [0.25, 0.3) is 0 Å². The van der Waals surface area contributed by atoms with Crippen molar-refractivity contribution in [1.29, 1.82) is 0 Å². The van der Waals surface area contributed by atoms with Crippen LogP contribution in [0.15, 0.2) is 35.0 Å². The predicted molar refractivity (Wildman–Crippen MR) is 144 cm³/mol. The summed E-state index contributed by atoms with van der Waals surface area (Å²) in [5, 5.41) is 18.1. The van der Waals surface area contributed by atoms with Gasteiger partial charge in [0.25, 0.3) is 5.91 Å². The molecule has 2 atom stereocenters. The number of alkyl halides is 6. The number of thiophene rings is 1. The van der Waals surface area contributed by atoms with E-state index in [0.717, 1.165) is 36.3 Å². The Labute approximate surface area is 252 Å². The van der Waals surface area contributed by atoms with Gasteiger partial charge in [0.2, 0.25) is 0 Å². The van der Waals surface area contributed by atoms with Crippen LogP contribution < -0.4 is 0 Å². The van der Waals surface area contributed by atoms with Gasteiger partial charge in [0.1, 0.15) is 0 Å². The number of ether oxygens (including phenoxy) is 1. The highest BCUT2D eigenvalue weighted by Crippen LogP contribution is 2.44. The smallest absolute Gasteiger partial charge is 0.475 e. The number of amides is 1. The topological polar surface area (TPSA) is 137 Å². The van der Waals surface area contributed by atoms with Crippen LogP contribution >= 0.6 is 11.3 Å². The summed E-state index contributed by atoms with van der Waals surface area (Å²) >= 11 is 1.53. The van der Waals surface area contributed by atoms with Crippen molar-refractivity contribution < 1.29 is 60.5 Å². The maximum absolute atomic E-state index is 13.1. The van der Waals surface area contributed by atoms with E-state index in [1.165, 1.54) is 11.3 Å². The molecular formula is C27H31F6N3O7S. The van der Waals surface area contributed by atoms with Crippen LogP contribution in [0.1, 0.15) is 41.5 Å². The van der Waals surface area contributed by atoms with Gasteiger partial charge in [0.15, 0.2) is 0 Å². The number of carbonyl (C=O) groups excluding carboxylic acids is 2. The van der Waals surface area contributed by atoms with Gasteiger partial charge in [-0.05, 0) is 50.3 Å². The van der Waals surface area contributed by atoms with Crippen LogP contribution in [-0.4, -0.2) is 94.0 Å². The average molecular weight is 656 g/mol. The number of carbonyl (C=O) groups is 4. The monoisotopic (exact) mass is 655 g/mol. The number of aliphatic carboxylic acids is 2. The van der Waals surface area contributed by atoms with Crippen molar-refractivity contribution in [2.24, 2.45) is 11.3 Å². The summed E-state index contributed by atoms with van der Waals surface area (Å²) in [6.07, 6.45) is -8.61. The number of nitrogens with zero attached hydrogens (tertiary/aromatic N) is 3. The molecule has 0 aliphatic carbocycles. The van der Waals surface area contributed by atoms with Gasteiger partial charge >= 0.3 is 30.3 Å². The molecule has 2 saturated heterocycles. The lowest BCUT2D eigenvalue weighted by molar-refractivity contribution is -0.193. The van der Waals surface area contributed by atoms with Crippen LogP contribution in [0.4, 0.5) is 26.3 Å². The van der Waals surface area contributed by atoms with E-state index < -0.39 is 29.7 Å². The van der Waals surface area contributed by atoms with Gasteiger partial charge in [-0.3, -0.25) is 19.5 Å². The second kappa shape index (κ2) is 15.3. The number of aryl methyl sites for hydroxylation is 1. The van der Waals surface area contributed by atoms with Crippen LogP contribution in [0.2, 0.25) is 0 Å². The molecule has 2 aliphatic rings. The number of esters is 1. The Morgan fingerprint density at radius 2 is 1.66 bits per heavy atom. The number of likely N-dealkylation sites (tertiary alicyclic amines) is 2. The quantitative estimate of drug-likeness (QED) is 0.349. The molecule has 0 radical (unpaired) electrons. The van der Waals surface area contributed by atoms with Gasteiger partial charge in [-0.25, -0.2) is 9.59 Å². The molecule has 2 N–H and O–H groups in total. The predicted octanol–water partition coefficient (Wildman–Crippen LogP) is 4.64. The minimum atomic E-state index is -5.08. The Kier molecular flexibility index (Phi) is 12.7. The number of carboxylic acid groups (broad SMARTS) is 2. The fraction of sp³-hybridized carbons (Fsp3) is 0.519. The van der Waals surface area contributed by atoms with Crippen molar-refractivity contribution in [2.45, 2.75) is 45.6 Å². The number of hydrogen-bond donors (Lipinski definition) is 2. The second-order valence-electron chi connectivity index (χ2n) is 9.99. The maximum atomic E-state index is 13.1. The molecule has 244 valence electrons. The average Bonchev–Trinajstić information content (AvgIpc) is 3.53. The van der Waals surface area contributed by atoms with Crippen LogP contribution in [0.3, 0.4) is 0 Å². The fourth-order valence-electron chi connectivity index (χ4n) is 4.94. The zero-order valence-electron chi connectivity index (χ0n) is 23.7. The summed E-state index contributed by atoms with van der Waals surface area (Å²) in [6, 6.07) is 7.92. The number of halogens is 6. The van der Waals surface area contributed by atoms with Crippen molar-refractivity contribution in [3.8, 4) is 0 Å². The van der Waals surface area contributed by atoms with Crippen molar-refractivity contribution >= 4 is 35.2 Å². The van der Waals surface area contributed by atoms with Crippen LogP contribution in [-0.2, 0) is 25.7 Å². The number of carboxylic acids is 2. The number of aromatic nitrogens is 1. The second-order valence-corrected chi connectivity index (χ2v) is 10.8. The molecule has 0 unspecified atom stereocenters. The third kappa shape index (κ3) is 10.2. The van der Waals surface area contributed by atoms with E-state index in [0.29, 0.717) is 32.8 Å². The Morgan fingerprint density at radius 3 is 2.16 bits per heavy atom. The number of pyridine rings is 1. The molecule has 2 aliphatic heterocycles. The Balaban J connectivity index is 0.000000402. The summed E-state index contributed by atoms with van der Waals surface area (Å²) in [5.41, 5.74) is 2.19. The third-order valence-electron chi connectivity index (χ3n) is 6.81. The molecule has 0 spiro atoms. The van der Waals surface area contributed by atoms with E-state index in [1.807, 2.05) is 53.8 Å². The van der Waals surface area contributed by atoms with E-state index in [2.05, 4.69) is 9.88 Å². The van der Waals surface area contributed by atoms with Gasteiger partial charge < -0.3 is 19.8 Å². The summed E-state index contributed by atoms with van der Waals surface area (Å²) in [5.74, 6) is -5.50. The molecule has 2 fully saturated rings. The zero-order valence-corrected chi connectivity index (χ0v) is 24.5. The third-order valence-corrected chi connectivity index (χ3v) is 7.49. The molecule has 4 heterocycles.